The lowest BCUT2D eigenvalue weighted by Crippen LogP contribution is -2.49. The van der Waals surface area contributed by atoms with Crippen LogP contribution in [-0.2, 0) is 4.79 Å². The van der Waals surface area contributed by atoms with E-state index in [4.69, 9.17) is 0 Å². The monoisotopic (exact) mass is 308 g/mol. The Morgan fingerprint density at radius 2 is 1.67 bits per heavy atom. The molecule has 1 unspecified atom stereocenters. The molecule has 1 atom stereocenters. The fourth-order valence-electron chi connectivity index (χ4n) is 5.10. The topological polar surface area (TPSA) is 32.3 Å². The van der Waals surface area contributed by atoms with Crippen LogP contribution in [0.4, 0.5) is 0 Å². The second kappa shape index (κ2) is 5.77. The first-order valence-corrected chi connectivity index (χ1v) is 10.1. The Kier molecular flexibility index (Phi) is 3.95. The van der Waals surface area contributed by atoms with Gasteiger partial charge in [-0.1, -0.05) is 25.7 Å². The zero-order valence-corrected chi connectivity index (χ0v) is 13.8. The largest absolute Gasteiger partial charge is 0.322 e. The summed E-state index contributed by atoms with van der Waals surface area (Å²) in [5, 5.41) is 3.87. The van der Waals surface area contributed by atoms with Gasteiger partial charge < -0.3 is 4.90 Å². The van der Waals surface area contributed by atoms with Crippen LogP contribution < -0.4 is 5.32 Å². The lowest BCUT2D eigenvalue weighted by molar-refractivity contribution is -0.136. The molecular weight excluding hydrogens is 280 g/mol. The highest BCUT2D eigenvalue weighted by Gasteiger charge is 2.55. The molecule has 4 fully saturated rings. The minimum atomic E-state index is -0.169. The van der Waals surface area contributed by atoms with Gasteiger partial charge in [-0.05, 0) is 55.9 Å². The molecule has 0 aromatic heterocycles. The van der Waals surface area contributed by atoms with Crippen LogP contribution in [0.2, 0.25) is 0 Å². The molecule has 0 aromatic carbocycles. The molecule has 0 aromatic rings. The second-order valence-corrected chi connectivity index (χ2v) is 8.70. The molecule has 2 aliphatic heterocycles. The zero-order valence-electron chi connectivity index (χ0n) is 13.0. The van der Waals surface area contributed by atoms with Crippen LogP contribution in [0.3, 0.4) is 0 Å². The Morgan fingerprint density at radius 1 is 1.00 bits per heavy atom. The van der Waals surface area contributed by atoms with Crippen molar-refractivity contribution in [1.82, 2.24) is 10.2 Å². The summed E-state index contributed by atoms with van der Waals surface area (Å²) >= 11 is 2.06. The Balaban J connectivity index is 1.60. The van der Waals surface area contributed by atoms with E-state index >= 15 is 0 Å². The Hall–Kier alpha value is -0.220. The molecule has 3 nitrogen and oxygen atoms in total. The van der Waals surface area contributed by atoms with Crippen molar-refractivity contribution in [1.29, 1.82) is 0 Å². The van der Waals surface area contributed by atoms with Gasteiger partial charge in [-0.2, -0.15) is 11.8 Å². The van der Waals surface area contributed by atoms with Crippen LogP contribution in [0.5, 0.6) is 0 Å². The van der Waals surface area contributed by atoms with Gasteiger partial charge in [0.15, 0.2) is 0 Å². The molecule has 2 heterocycles. The minimum Gasteiger partial charge on any atom is -0.322 e. The fourth-order valence-corrected chi connectivity index (χ4v) is 6.18. The predicted octanol–water partition coefficient (Wildman–Crippen LogP) is 3.14. The molecule has 2 saturated heterocycles. The maximum Gasteiger partial charge on any atom is 0.244 e. The molecule has 0 bridgehead atoms. The number of hydrogen-bond donors (Lipinski definition) is 1. The van der Waals surface area contributed by atoms with Gasteiger partial charge in [0.1, 0.15) is 0 Å². The molecule has 118 valence electrons. The van der Waals surface area contributed by atoms with Crippen LogP contribution in [0.25, 0.3) is 0 Å². The van der Waals surface area contributed by atoms with E-state index in [1.54, 1.807) is 0 Å². The quantitative estimate of drug-likeness (QED) is 0.850. The van der Waals surface area contributed by atoms with Gasteiger partial charge in [0, 0.05) is 6.04 Å². The van der Waals surface area contributed by atoms with Gasteiger partial charge in [-0.3, -0.25) is 10.1 Å². The van der Waals surface area contributed by atoms with E-state index in [0.717, 1.165) is 12.8 Å². The van der Waals surface area contributed by atoms with Gasteiger partial charge in [-0.25, -0.2) is 0 Å². The van der Waals surface area contributed by atoms with Crippen molar-refractivity contribution in [3.63, 3.8) is 0 Å². The van der Waals surface area contributed by atoms with Crippen molar-refractivity contribution < 1.29 is 4.79 Å². The van der Waals surface area contributed by atoms with E-state index in [2.05, 4.69) is 22.0 Å². The molecular formula is C17H28N2OS. The lowest BCUT2D eigenvalue weighted by atomic mass is 9.97. The van der Waals surface area contributed by atoms with E-state index < -0.39 is 0 Å². The second-order valence-electron chi connectivity index (χ2n) is 7.48. The van der Waals surface area contributed by atoms with Gasteiger partial charge >= 0.3 is 0 Å². The molecule has 1 N–H and O–H groups in total. The number of nitrogens with one attached hydrogen (secondary N) is 1. The highest BCUT2D eigenvalue weighted by Crippen LogP contribution is 2.43. The Morgan fingerprint density at radius 3 is 2.33 bits per heavy atom. The molecule has 1 spiro atoms. The summed E-state index contributed by atoms with van der Waals surface area (Å²) < 4.78 is 0. The third-order valence-electron chi connectivity index (χ3n) is 6.26. The molecule has 4 heteroatoms. The summed E-state index contributed by atoms with van der Waals surface area (Å²) in [6.45, 7) is 0. The first kappa shape index (κ1) is 14.4. The number of hydrogen-bond acceptors (Lipinski definition) is 3. The average Bonchev–Trinajstić information content (AvgIpc) is 3.24. The highest BCUT2D eigenvalue weighted by molar-refractivity contribution is 7.99. The maximum absolute atomic E-state index is 13.3. The molecule has 21 heavy (non-hydrogen) atoms. The van der Waals surface area contributed by atoms with Crippen molar-refractivity contribution in [2.45, 2.75) is 82.0 Å². The number of thioether (sulfide) groups is 1. The number of carbonyl (C=O) groups excluding carboxylic acids is 1. The van der Waals surface area contributed by atoms with Crippen molar-refractivity contribution in [2.24, 2.45) is 5.92 Å². The standard InChI is InChI=1S/C17H28N2OS/c20-16-17(9-3-4-10-17)18-15(13-5-1-2-6-13)19(16)14-7-11-21-12-8-14/h13-15,18H,1-12H2. The number of amides is 1. The summed E-state index contributed by atoms with van der Waals surface area (Å²) in [4.78, 5) is 15.6. The molecule has 1 amide bonds. The summed E-state index contributed by atoms with van der Waals surface area (Å²) in [5.41, 5.74) is -0.169. The fraction of sp³-hybridized carbons (Fsp3) is 0.941. The summed E-state index contributed by atoms with van der Waals surface area (Å²) in [7, 11) is 0. The molecule has 2 aliphatic carbocycles. The third-order valence-corrected chi connectivity index (χ3v) is 7.30. The summed E-state index contributed by atoms with van der Waals surface area (Å²) in [6, 6.07) is 0.511. The van der Waals surface area contributed by atoms with Crippen molar-refractivity contribution in [3.05, 3.63) is 0 Å². The minimum absolute atomic E-state index is 0.169. The van der Waals surface area contributed by atoms with E-state index in [1.165, 1.54) is 62.9 Å². The van der Waals surface area contributed by atoms with Gasteiger partial charge in [0.2, 0.25) is 5.91 Å². The molecule has 4 aliphatic rings. The average molecular weight is 308 g/mol. The first-order valence-electron chi connectivity index (χ1n) is 8.98. The van der Waals surface area contributed by atoms with E-state index in [-0.39, 0.29) is 5.54 Å². The van der Waals surface area contributed by atoms with E-state index in [9.17, 15) is 4.79 Å². The first-order chi connectivity index (χ1) is 10.3. The highest BCUT2D eigenvalue weighted by atomic mass is 32.2. The molecule has 4 rings (SSSR count). The zero-order chi connectivity index (χ0) is 14.3. The summed E-state index contributed by atoms with van der Waals surface area (Å²) in [5.74, 6) is 3.65. The van der Waals surface area contributed by atoms with Gasteiger partial charge in [0.25, 0.3) is 0 Å². The van der Waals surface area contributed by atoms with E-state index in [1.807, 2.05) is 0 Å². The van der Waals surface area contributed by atoms with Crippen LogP contribution in [0.15, 0.2) is 0 Å². The van der Waals surface area contributed by atoms with Crippen LogP contribution in [-0.4, -0.2) is 40.1 Å². The van der Waals surface area contributed by atoms with Crippen molar-refractivity contribution >= 4 is 17.7 Å². The van der Waals surface area contributed by atoms with Crippen molar-refractivity contribution in [3.8, 4) is 0 Å². The number of rotatable bonds is 2. The number of nitrogens with zero attached hydrogens (tertiary/aromatic N) is 1. The van der Waals surface area contributed by atoms with Crippen LogP contribution in [0.1, 0.15) is 64.2 Å². The van der Waals surface area contributed by atoms with Crippen molar-refractivity contribution in [2.75, 3.05) is 11.5 Å². The number of carbonyl (C=O) groups is 1. The van der Waals surface area contributed by atoms with Crippen LogP contribution in [0, 0.1) is 5.92 Å². The van der Waals surface area contributed by atoms with Gasteiger partial charge in [-0.15, -0.1) is 0 Å². The Labute approximate surface area is 132 Å². The Bertz CT molecular complexity index is 396. The van der Waals surface area contributed by atoms with Crippen LogP contribution >= 0.6 is 11.8 Å². The summed E-state index contributed by atoms with van der Waals surface area (Å²) in [6.07, 6.45) is 12.7. The van der Waals surface area contributed by atoms with E-state index in [0.29, 0.717) is 24.0 Å². The maximum atomic E-state index is 13.3. The molecule has 2 saturated carbocycles. The SMILES string of the molecule is O=C1N(C2CCSCC2)C(C2CCCC2)NC12CCCC2. The third kappa shape index (κ3) is 2.42. The molecule has 0 radical (unpaired) electrons. The van der Waals surface area contributed by atoms with Gasteiger partial charge in [0.05, 0.1) is 11.7 Å². The smallest absolute Gasteiger partial charge is 0.244 e. The predicted molar refractivity (Wildman–Crippen MR) is 87.3 cm³/mol. The normalized spacial score (nSPS) is 34.4. The lowest BCUT2D eigenvalue weighted by Gasteiger charge is -2.37.